The van der Waals surface area contributed by atoms with Crippen LogP contribution in [-0.2, 0) is 4.79 Å². The van der Waals surface area contributed by atoms with E-state index in [4.69, 9.17) is 5.53 Å². The lowest BCUT2D eigenvalue weighted by Crippen LogP contribution is -1.83. The molecule has 0 radical (unpaired) electrons. The van der Waals surface area contributed by atoms with Crippen molar-refractivity contribution in [2.45, 2.75) is 13.3 Å². The predicted octanol–water partition coefficient (Wildman–Crippen LogP) is 0.954. The standard InChI is InChI=1S/C3H6N2O/c1-2-3(6)5-4/h4H,2H2,1H3. The minimum Gasteiger partial charge on any atom is -0.271 e. The van der Waals surface area contributed by atoms with E-state index in [1.165, 1.54) is 0 Å². The normalized spacial score (nSPS) is 7.50. The molecule has 0 aliphatic rings. The van der Waals surface area contributed by atoms with Gasteiger partial charge in [0, 0.05) is 6.42 Å². The summed E-state index contributed by atoms with van der Waals surface area (Å²) in [6.45, 7) is 1.67. The SMILES string of the molecule is CCC(=O)N=N. The third-order valence-corrected chi connectivity index (χ3v) is 0.427. The second kappa shape index (κ2) is 2.50. The Morgan fingerprint density at radius 2 is 2.50 bits per heavy atom. The Balaban J connectivity index is 3.23. The summed E-state index contributed by atoms with van der Waals surface area (Å²) in [6, 6.07) is 0. The summed E-state index contributed by atoms with van der Waals surface area (Å²) in [4.78, 5) is 9.83. The average molecular weight is 86.1 g/mol. The molecule has 0 rings (SSSR count). The molecule has 1 amide bonds. The fourth-order valence-corrected chi connectivity index (χ4v) is 0.0791. The number of hydrogen-bond acceptors (Lipinski definition) is 2. The molecule has 0 aromatic rings. The zero-order valence-corrected chi connectivity index (χ0v) is 3.56. The van der Waals surface area contributed by atoms with Gasteiger partial charge in [-0.05, 0) is 0 Å². The van der Waals surface area contributed by atoms with Crippen molar-refractivity contribution in [2.75, 3.05) is 0 Å². The Morgan fingerprint density at radius 3 is 2.50 bits per heavy atom. The lowest BCUT2D eigenvalue weighted by Gasteiger charge is -1.73. The van der Waals surface area contributed by atoms with E-state index in [0.29, 0.717) is 6.42 Å². The van der Waals surface area contributed by atoms with Gasteiger partial charge in [0.1, 0.15) is 0 Å². The Labute approximate surface area is 35.9 Å². The molecule has 6 heavy (non-hydrogen) atoms. The maximum atomic E-state index is 9.83. The number of carbonyl (C=O) groups is 1. The van der Waals surface area contributed by atoms with Crippen molar-refractivity contribution in [3.05, 3.63) is 0 Å². The molecule has 0 heterocycles. The average Bonchev–Trinajstić information content (AvgIpc) is 1.65. The Hall–Kier alpha value is -0.730. The number of nitrogens with zero attached hydrogens (tertiary/aromatic N) is 1. The highest BCUT2D eigenvalue weighted by Crippen LogP contribution is 1.76. The number of hydrogen-bond donors (Lipinski definition) is 1. The van der Waals surface area contributed by atoms with Gasteiger partial charge in [0.15, 0.2) is 0 Å². The summed E-state index contributed by atoms with van der Waals surface area (Å²) in [5, 5.41) is 2.62. The van der Waals surface area contributed by atoms with Gasteiger partial charge in [0.25, 0.3) is 5.91 Å². The van der Waals surface area contributed by atoms with Gasteiger partial charge in [-0.3, -0.25) is 4.79 Å². The van der Waals surface area contributed by atoms with E-state index in [1.54, 1.807) is 6.92 Å². The first-order valence-electron chi connectivity index (χ1n) is 1.71. The van der Waals surface area contributed by atoms with Crippen molar-refractivity contribution < 1.29 is 4.79 Å². The fourth-order valence-electron chi connectivity index (χ4n) is 0.0791. The molecule has 0 aromatic carbocycles. The molecular weight excluding hydrogens is 80.0 g/mol. The Kier molecular flexibility index (Phi) is 2.20. The molecular formula is C3H6N2O. The van der Waals surface area contributed by atoms with Crippen LogP contribution in [0.15, 0.2) is 5.11 Å². The van der Waals surface area contributed by atoms with Crippen molar-refractivity contribution in [2.24, 2.45) is 5.11 Å². The number of rotatable bonds is 1. The molecule has 0 saturated carbocycles. The second-order valence-electron chi connectivity index (χ2n) is 0.859. The largest absolute Gasteiger partial charge is 0.271 e. The predicted molar refractivity (Wildman–Crippen MR) is 20.4 cm³/mol. The van der Waals surface area contributed by atoms with Crippen molar-refractivity contribution in [3.63, 3.8) is 0 Å². The maximum absolute atomic E-state index is 9.83. The molecule has 0 fully saturated rings. The van der Waals surface area contributed by atoms with Crippen LogP contribution in [0.3, 0.4) is 0 Å². The quantitative estimate of drug-likeness (QED) is 0.474. The van der Waals surface area contributed by atoms with Gasteiger partial charge in [-0.2, -0.15) is 0 Å². The van der Waals surface area contributed by atoms with E-state index < -0.39 is 0 Å². The van der Waals surface area contributed by atoms with Gasteiger partial charge in [-0.15, -0.1) is 5.11 Å². The molecule has 0 aromatic heterocycles. The summed E-state index contributed by atoms with van der Waals surface area (Å²) < 4.78 is 0. The van der Waals surface area contributed by atoms with Crippen LogP contribution in [0.1, 0.15) is 13.3 Å². The van der Waals surface area contributed by atoms with Crippen molar-refractivity contribution in [1.82, 2.24) is 0 Å². The number of carbonyl (C=O) groups excluding carboxylic acids is 1. The molecule has 3 heteroatoms. The van der Waals surface area contributed by atoms with Crippen molar-refractivity contribution in [3.8, 4) is 0 Å². The van der Waals surface area contributed by atoms with Crippen LogP contribution in [0.25, 0.3) is 0 Å². The zero-order chi connectivity index (χ0) is 4.99. The second-order valence-corrected chi connectivity index (χ2v) is 0.859. The molecule has 0 unspecified atom stereocenters. The molecule has 0 aliphatic carbocycles. The Morgan fingerprint density at radius 1 is 2.00 bits per heavy atom. The van der Waals surface area contributed by atoms with E-state index in [1.807, 2.05) is 0 Å². The first-order chi connectivity index (χ1) is 2.81. The highest BCUT2D eigenvalue weighted by atomic mass is 16.1. The van der Waals surface area contributed by atoms with Crippen molar-refractivity contribution in [1.29, 1.82) is 5.53 Å². The third-order valence-electron chi connectivity index (χ3n) is 0.427. The maximum Gasteiger partial charge on any atom is 0.263 e. The van der Waals surface area contributed by atoms with Crippen LogP contribution < -0.4 is 0 Å². The summed E-state index contributed by atoms with van der Waals surface area (Å²) in [7, 11) is 0. The van der Waals surface area contributed by atoms with Gasteiger partial charge < -0.3 is 0 Å². The van der Waals surface area contributed by atoms with Gasteiger partial charge >= 0.3 is 0 Å². The van der Waals surface area contributed by atoms with Crippen LogP contribution in [0.4, 0.5) is 0 Å². The highest BCUT2D eigenvalue weighted by Gasteiger charge is 1.85. The minimum absolute atomic E-state index is 0.337. The molecule has 34 valence electrons. The lowest BCUT2D eigenvalue weighted by atomic mass is 10.5. The van der Waals surface area contributed by atoms with E-state index in [2.05, 4.69) is 5.11 Å². The first kappa shape index (κ1) is 5.27. The first-order valence-corrected chi connectivity index (χ1v) is 1.71. The fraction of sp³-hybridized carbons (Fsp3) is 0.667. The molecule has 0 atom stereocenters. The molecule has 3 nitrogen and oxygen atoms in total. The van der Waals surface area contributed by atoms with Crippen LogP contribution >= 0.6 is 0 Å². The summed E-state index contributed by atoms with van der Waals surface area (Å²) in [5.74, 6) is -0.366. The topological polar surface area (TPSA) is 53.3 Å². The summed E-state index contributed by atoms with van der Waals surface area (Å²) in [5.41, 5.74) is 6.08. The molecule has 0 bridgehead atoms. The number of nitrogens with one attached hydrogen (secondary N) is 1. The van der Waals surface area contributed by atoms with Gasteiger partial charge in [-0.1, -0.05) is 6.92 Å². The lowest BCUT2D eigenvalue weighted by molar-refractivity contribution is -0.118. The smallest absolute Gasteiger partial charge is 0.263 e. The van der Waals surface area contributed by atoms with E-state index in [9.17, 15) is 4.79 Å². The van der Waals surface area contributed by atoms with Crippen LogP contribution in [0, 0.1) is 5.53 Å². The van der Waals surface area contributed by atoms with E-state index in [0.717, 1.165) is 0 Å². The van der Waals surface area contributed by atoms with Crippen molar-refractivity contribution >= 4 is 5.91 Å². The molecule has 1 N–H and O–H groups in total. The molecule has 0 saturated heterocycles. The molecule has 0 spiro atoms. The van der Waals surface area contributed by atoms with Crippen LogP contribution in [-0.4, -0.2) is 5.91 Å². The van der Waals surface area contributed by atoms with Gasteiger partial charge in [0.2, 0.25) is 0 Å². The Bertz CT molecular complexity index is 69.2. The monoisotopic (exact) mass is 86.0 g/mol. The third kappa shape index (κ3) is 1.58. The highest BCUT2D eigenvalue weighted by molar-refractivity contribution is 5.75. The van der Waals surface area contributed by atoms with E-state index >= 15 is 0 Å². The molecule has 0 aliphatic heterocycles. The van der Waals surface area contributed by atoms with Crippen LogP contribution in [0.2, 0.25) is 0 Å². The van der Waals surface area contributed by atoms with E-state index in [-0.39, 0.29) is 5.91 Å². The van der Waals surface area contributed by atoms with Gasteiger partial charge in [-0.25, -0.2) is 5.53 Å². The zero-order valence-electron chi connectivity index (χ0n) is 3.56. The minimum atomic E-state index is -0.366. The number of amides is 1. The summed E-state index contributed by atoms with van der Waals surface area (Å²) >= 11 is 0. The van der Waals surface area contributed by atoms with Crippen LogP contribution in [0.5, 0.6) is 0 Å². The van der Waals surface area contributed by atoms with Gasteiger partial charge in [0.05, 0.1) is 0 Å². The summed E-state index contributed by atoms with van der Waals surface area (Å²) in [6.07, 6.45) is 0.337.